The molecule has 0 radical (unpaired) electrons. The van der Waals surface area contributed by atoms with Gasteiger partial charge in [-0.05, 0) is 60.2 Å². The molecule has 0 heterocycles. The van der Waals surface area contributed by atoms with Crippen molar-refractivity contribution in [2.75, 3.05) is 11.9 Å². The first-order valence-electron chi connectivity index (χ1n) is 7.68. The number of hydrogen-bond acceptors (Lipinski definition) is 2. The van der Waals surface area contributed by atoms with Gasteiger partial charge < -0.3 is 9.64 Å². The Kier molecular flexibility index (Phi) is 6.04. The fraction of sp³-hybridized carbons (Fsp3) is 0.316. The number of hydrogen-bond donors (Lipinski definition) is 0. The SMILES string of the molecule is CCC(=O)N(C)c1cccc(I)c1COc1ccc(C)cc1C. The fourth-order valence-corrected chi connectivity index (χ4v) is 3.13. The molecule has 23 heavy (non-hydrogen) atoms. The molecule has 0 fully saturated rings. The molecule has 0 saturated heterocycles. The second-order valence-electron chi connectivity index (χ2n) is 5.60. The lowest BCUT2D eigenvalue weighted by molar-refractivity contribution is -0.118. The van der Waals surface area contributed by atoms with E-state index in [9.17, 15) is 4.79 Å². The van der Waals surface area contributed by atoms with Gasteiger partial charge in [-0.25, -0.2) is 0 Å². The number of halogens is 1. The summed E-state index contributed by atoms with van der Waals surface area (Å²) in [5, 5.41) is 0. The first-order chi connectivity index (χ1) is 10.9. The van der Waals surface area contributed by atoms with Crippen molar-refractivity contribution >= 4 is 34.2 Å². The highest BCUT2D eigenvalue weighted by Crippen LogP contribution is 2.28. The van der Waals surface area contributed by atoms with Crippen LogP contribution in [0.2, 0.25) is 0 Å². The van der Waals surface area contributed by atoms with E-state index in [2.05, 4.69) is 35.6 Å². The molecule has 0 aliphatic carbocycles. The lowest BCUT2D eigenvalue weighted by Crippen LogP contribution is -2.26. The molecule has 3 nitrogen and oxygen atoms in total. The molecule has 4 heteroatoms. The van der Waals surface area contributed by atoms with Crippen molar-refractivity contribution in [3.63, 3.8) is 0 Å². The van der Waals surface area contributed by atoms with Crippen LogP contribution in [0.4, 0.5) is 5.69 Å². The van der Waals surface area contributed by atoms with Crippen molar-refractivity contribution in [2.45, 2.75) is 33.8 Å². The minimum Gasteiger partial charge on any atom is -0.489 e. The van der Waals surface area contributed by atoms with Gasteiger partial charge in [0.2, 0.25) is 5.91 Å². The maximum absolute atomic E-state index is 12.0. The number of ether oxygens (including phenoxy) is 1. The summed E-state index contributed by atoms with van der Waals surface area (Å²) >= 11 is 2.29. The van der Waals surface area contributed by atoms with Crippen LogP contribution >= 0.6 is 22.6 Å². The predicted molar refractivity (Wildman–Crippen MR) is 103 cm³/mol. The van der Waals surface area contributed by atoms with Crippen LogP contribution in [0.1, 0.15) is 30.0 Å². The second-order valence-corrected chi connectivity index (χ2v) is 6.76. The van der Waals surface area contributed by atoms with Gasteiger partial charge in [-0.3, -0.25) is 4.79 Å². The molecule has 0 spiro atoms. The van der Waals surface area contributed by atoms with Crippen LogP contribution in [-0.4, -0.2) is 13.0 Å². The van der Waals surface area contributed by atoms with Gasteiger partial charge in [0.25, 0.3) is 0 Å². The molecule has 0 unspecified atom stereocenters. The van der Waals surface area contributed by atoms with Gasteiger partial charge >= 0.3 is 0 Å². The zero-order valence-electron chi connectivity index (χ0n) is 14.0. The third-order valence-electron chi connectivity index (χ3n) is 3.83. The number of aryl methyl sites for hydroxylation is 2. The van der Waals surface area contributed by atoms with Gasteiger partial charge in [0, 0.05) is 22.6 Å². The molecule has 0 N–H and O–H groups in total. The van der Waals surface area contributed by atoms with Gasteiger partial charge in [0.15, 0.2) is 0 Å². The molecule has 0 bridgehead atoms. The maximum Gasteiger partial charge on any atom is 0.226 e. The number of anilines is 1. The van der Waals surface area contributed by atoms with Crippen molar-refractivity contribution < 1.29 is 9.53 Å². The quantitative estimate of drug-likeness (QED) is 0.643. The summed E-state index contributed by atoms with van der Waals surface area (Å²) in [4.78, 5) is 13.7. The van der Waals surface area contributed by atoms with Gasteiger partial charge in [-0.2, -0.15) is 0 Å². The number of benzene rings is 2. The Morgan fingerprint density at radius 3 is 2.61 bits per heavy atom. The van der Waals surface area contributed by atoms with Crippen molar-refractivity contribution in [1.29, 1.82) is 0 Å². The van der Waals surface area contributed by atoms with Gasteiger partial charge in [0.1, 0.15) is 12.4 Å². The van der Waals surface area contributed by atoms with Crippen LogP contribution in [0.5, 0.6) is 5.75 Å². The Morgan fingerprint density at radius 1 is 1.22 bits per heavy atom. The second kappa shape index (κ2) is 7.81. The highest BCUT2D eigenvalue weighted by molar-refractivity contribution is 14.1. The summed E-state index contributed by atoms with van der Waals surface area (Å²) in [5.74, 6) is 0.977. The minimum absolute atomic E-state index is 0.0970. The third-order valence-corrected chi connectivity index (χ3v) is 4.85. The van der Waals surface area contributed by atoms with Crippen LogP contribution in [0.25, 0.3) is 0 Å². The van der Waals surface area contributed by atoms with Gasteiger partial charge in [-0.15, -0.1) is 0 Å². The molecule has 0 atom stereocenters. The molecule has 0 saturated carbocycles. The molecule has 1 amide bonds. The predicted octanol–water partition coefficient (Wildman–Crippen LogP) is 4.86. The Bertz CT molecular complexity index is 713. The van der Waals surface area contributed by atoms with E-state index < -0.39 is 0 Å². The van der Waals surface area contributed by atoms with Crippen LogP contribution in [0, 0.1) is 17.4 Å². The molecule has 0 aliphatic heterocycles. The summed E-state index contributed by atoms with van der Waals surface area (Å²) in [6.07, 6.45) is 0.485. The zero-order chi connectivity index (χ0) is 17.0. The van der Waals surface area contributed by atoms with Crippen molar-refractivity contribution in [1.82, 2.24) is 0 Å². The van der Waals surface area contributed by atoms with Crippen LogP contribution in [0.3, 0.4) is 0 Å². The monoisotopic (exact) mass is 423 g/mol. The summed E-state index contributed by atoms with van der Waals surface area (Å²) in [6.45, 7) is 6.44. The highest BCUT2D eigenvalue weighted by Gasteiger charge is 2.15. The lowest BCUT2D eigenvalue weighted by Gasteiger charge is -2.21. The normalized spacial score (nSPS) is 10.5. The van der Waals surface area contributed by atoms with E-state index in [-0.39, 0.29) is 5.91 Å². The number of nitrogens with zero attached hydrogens (tertiary/aromatic N) is 1. The smallest absolute Gasteiger partial charge is 0.226 e. The maximum atomic E-state index is 12.0. The van der Waals surface area contributed by atoms with Crippen LogP contribution in [-0.2, 0) is 11.4 Å². The topological polar surface area (TPSA) is 29.5 Å². The molecule has 2 aromatic carbocycles. The Balaban J connectivity index is 2.27. The largest absolute Gasteiger partial charge is 0.489 e. The van der Waals surface area contributed by atoms with Crippen LogP contribution in [0.15, 0.2) is 36.4 Å². The van der Waals surface area contributed by atoms with E-state index in [4.69, 9.17) is 4.74 Å². The van der Waals surface area contributed by atoms with E-state index in [1.807, 2.05) is 51.2 Å². The van der Waals surface area contributed by atoms with Crippen molar-refractivity contribution in [3.05, 3.63) is 56.7 Å². The van der Waals surface area contributed by atoms with E-state index >= 15 is 0 Å². The number of rotatable bonds is 5. The van der Waals surface area contributed by atoms with Gasteiger partial charge in [-0.1, -0.05) is 30.7 Å². The number of carbonyl (C=O) groups excluding carboxylic acids is 1. The first kappa shape index (κ1) is 17.8. The lowest BCUT2D eigenvalue weighted by atomic mass is 10.1. The summed E-state index contributed by atoms with van der Waals surface area (Å²) in [7, 11) is 1.82. The molecule has 0 aliphatic rings. The average molecular weight is 423 g/mol. The number of carbonyl (C=O) groups is 1. The minimum atomic E-state index is 0.0970. The molecular weight excluding hydrogens is 401 g/mol. The van der Waals surface area contributed by atoms with Crippen molar-refractivity contribution in [3.8, 4) is 5.75 Å². The first-order valence-corrected chi connectivity index (χ1v) is 8.76. The molecule has 2 aromatic rings. The number of amides is 1. The highest BCUT2D eigenvalue weighted by atomic mass is 127. The Hall–Kier alpha value is -1.56. The average Bonchev–Trinajstić information content (AvgIpc) is 2.53. The van der Waals surface area contributed by atoms with E-state index in [0.29, 0.717) is 13.0 Å². The summed E-state index contributed by atoms with van der Waals surface area (Å²) in [5.41, 5.74) is 4.29. The zero-order valence-corrected chi connectivity index (χ0v) is 16.2. The van der Waals surface area contributed by atoms with E-state index in [0.717, 1.165) is 26.1 Å². The van der Waals surface area contributed by atoms with Gasteiger partial charge in [0.05, 0.1) is 5.69 Å². The molecule has 2 rings (SSSR count). The van der Waals surface area contributed by atoms with Crippen LogP contribution < -0.4 is 9.64 Å². The molecular formula is C19H22INO2. The van der Waals surface area contributed by atoms with E-state index in [1.165, 1.54) is 5.56 Å². The standard InChI is InChI=1S/C19H22INO2/c1-5-19(22)21(4)17-8-6-7-16(20)15(17)12-23-18-10-9-13(2)11-14(18)3/h6-11H,5,12H2,1-4H3. The Morgan fingerprint density at radius 2 is 1.96 bits per heavy atom. The third kappa shape index (κ3) is 4.25. The fourth-order valence-electron chi connectivity index (χ4n) is 2.49. The summed E-state index contributed by atoms with van der Waals surface area (Å²) < 4.78 is 7.12. The van der Waals surface area contributed by atoms with Crippen molar-refractivity contribution in [2.24, 2.45) is 0 Å². The Labute approximate surface area is 151 Å². The van der Waals surface area contributed by atoms with E-state index in [1.54, 1.807) is 4.90 Å². The molecule has 0 aromatic heterocycles. The summed E-state index contributed by atoms with van der Waals surface area (Å²) in [6, 6.07) is 12.1. The molecule has 122 valence electrons.